The first-order valence-corrected chi connectivity index (χ1v) is 8.64. The second-order valence-corrected chi connectivity index (χ2v) is 6.51. The third-order valence-corrected chi connectivity index (χ3v) is 4.67. The van der Waals surface area contributed by atoms with E-state index in [9.17, 15) is 14.4 Å². The number of benzene rings is 1. The van der Waals surface area contributed by atoms with Crippen molar-refractivity contribution in [2.24, 2.45) is 0 Å². The lowest BCUT2D eigenvalue weighted by Gasteiger charge is -2.34. The third kappa shape index (κ3) is 3.66. The van der Waals surface area contributed by atoms with Crippen molar-refractivity contribution in [1.29, 1.82) is 0 Å². The van der Waals surface area contributed by atoms with E-state index in [1.807, 2.05) is 31.2 Å². The van der Waals surface area contributed by atoms with Gasteiger partial charge in [0.15, 0.2) is 0 Å². The first kappa shape index (κ1) is 17.8. The van der Waals surface area contributed by atoms with Gasteiger partial charge in [-0.1, -0.05) is 29.8 Å². The Hall–Kier alpha value is -2.96. The van der Waals surface area contributed by atoms with E-state index < -0.39 is 6.04 Å². The Morgan fingerprint density at radius 2 is 1.73 bits per heavy atom. The Balaban J connectivity index is 1.82. The Bertz CT molecular complexity index is 852. The van der Waals surface area contributed by atoms with E-state index >= 15 is 0 Å². The number of amides is 2. The van der Waals surface area contributed by atoms with E-state index in [0.29, 0.717) is 31.9 Å². The molecule has 1 saturated heterocycles. The molecule has 1 aliphatic rings. The molecule has 1 atom stereocenters. The first-order chi connectivity index (χ1) is 12.5. The van der Waals surface area contributed by atoms with Crippen LogP contribution in [0.1, 0.15) is 18.5 Å². The van der Waals surface area contributed by atoms with Gasteiger partial charge in [-0.25, -0.2) is 4.68 Å². The summed E-state index contributed by atoms with van der Waals surface area (Å²) in [4.78, 5) is 39.1. The van der Waals surface area contributed by atoms with Crippen molar-refractivity contribution >= 4 is 12.3 Å². The van der Waals surface area contributed by atoms with Crippen LogP contribution in [0.5, 0.6) is 0 Å². The summed E-state index contributed by atoms with van der Waals surface area (Å²) >= 11 is 0. The van der Waals surface area contributed by atoms with Crippen molar-refractivity contribution in [1.82, 2.24) is 19.6 Å². The van der Waals surface area contributed by atoms with Gasteiger partial charge in [0, 0.05) is 37.8 Å². The van der Waals surface area contributed by atoms with Crippen LogP contribution >= 0.6 is 0 Å². The highest BCUT2D eigenvalue weighted by Crippen LogP contribution is 2.17. The fourth-order valence-corrected chi connectivity index (χ4v) is 3.00. The van der Waals surface area contributed by atoms with Gasteiger partial charge >= 0.3 is 0 Å². The summed E-state index contributed by atoms with van der Waals surface area (Å²) in [5.74, 6) is -0.161. The summed E-state index contributed by atoms with van der Waals surface area (Å²) in [6, 6.07) is 10.3. The number of hydrogen-bond donors (Lipinski definition) is 0. The minimum atomic E-state index is -0.698. The van der Waals surface area contributed by atoms with E-state index in [4.69, 9.17) is 0 Å². The minimum absolute atomic E-state index is 0.161. The molecule has 7 heteroatoms. The number of carbonyl (C=O) groups is 2. The van der Waals surface area contributed by atoms with E-state index in [1.165, 1.54) is 10.7 Å². The Morgan fingerprint density at radius 1 is 1.08 bits per heavy atom. The van der Waals surface area contributed by atoms with Crippen LogP contribution in [-0.2, 0) is 9.59 Å². The van der Waals surface area contributed by atoms with Crippen LogP contribution in [0, 0.1) is 6.92 Å². The fraction of sp³-hybridized carbons (Fsp3) is 0.368. The zero-order valence-electron chi connectivity index (χ0n) is 15.0. The average molecular weight is 354 g/mol. The molecule has 1 aliphatic heterocycles. The number of aromatic nitrogens is 2. The normalized spacial score (nSPS) is 15.6. The second kappa shape index (κ2) is 7.51. The molecule has 136 valence electrons. The smallest absolute Gasteiger partial charge is 0.267 e. The number of rotatable bonds is 4. The molecule has 1 fully saturated rings. The topological polar surface area (TPSA) is 75.5 Å². The molecule has 1 aromatic carbocycles. The quantitative estimate of drug-likeness (QED) is 0.770. The number of nitrogens with zero attached hydrogens (tertiary/aromatic N) is 4. The number of hydrogen-bond acceptors (Lipinski definition) is 4. The number of aryl methyl sites for hydroxylation is 1. The molecule has 0 bridgehead atoms. The molecule has 3 rings (SSSR count). The van der Waals surface area contributed by atoms with Crippen LogP contribution in [0.2, 0.25) is 0 Å². The zero-order chi connectivity index (χ0) is 18.7. The summed E-state index contributed by atoms with van der Waals surface area (Å²) in [5.41, 5.74) is 2.37. The zero-order valence-corrected chi connectivity index (χ0v) is 15.0. The second-order valence-electron chi connectivity index (χ2n) is 6.51. The molecule has 1 aromatic heterocycles. The van der Waals surface area contributed by atoms with Gasteiger partial charge < -0.3 is 9.80 Å². The van der Waals surface area contributed by atoms with Crippen molar-refractivity contribution < 1.29 is 9.59 Å². The van der Waals surface area contributed by atoms with E-state index in [2.05, 4.69) is 5.10 Å². The van der Waals surface area contributed by atoms with Crippen LogP contribution in [0.25, 0.3) is 11.3 Å². The molecule has 26 heavy (non-hydrogen) atoms. The summed E-state index contributed by atoms with van der Waals surface area (Å²) in [6.07, 6.45) is 0.794. The molecule has 2 heterocycles. The number of piperazine rings is 1. The monoisotopic (exact) mass is 354 g/mol. The molecule has 1 unspecified atom stereocenters. The molecule has 0 spiro atoms. The van der Waals surface area contributed by atoms with Gasteiger partial charge in [-0.2, -0.15) is 5.10 Å². The van der Waals surface area contributed by atoms with Crippen molar-refractivity contribution in [3.8, 4) is 11.3 Å². The van der Waals surface area contributed by atoms with Crippen molar-refractivity contribution in [2.45, 2.75) is 19.9 Å². The molecule has 2 amide bonds. The third-order valence-electron chi connectivity index (χ3n) is 4.67. The molecule has 0 saturated carbocycles. The summed E-state index contributed by atoms with van der Waals surface area (Å²) in [6.45, 7) is 5.63. The largest absolute Gasteiger partial charge is 0.342 e. The lowest BCUT2D eigenvalue weighted by molar-refractivity contribution is -0.138. The lowest BCUT2D eigenvalue weighted by Crippen LogP contribution is -2.50. The molecule has 0 N–H and O–H groups in total. The van der Waals surface area contributed by atoms with Gasteiger partial charge in [0.2, 0.25) is 12.3 Å². The summed E-state index contributed by atoms with van der Waals surface area (Å²) in [7, 11) is 0. The standard InChI is InChI=1S/C19H22N4O3/c1-14-3-5-16(6-4-14)17-7-8-18(25)23(20-17)15(2)19(26)22-11-9-21(13-24)10-12-22/h3-8,13,15H,9-12H2,1-2H3. The lowest BCUT2D eigenvalue weighted by atomic mass is 10.1. The highest BCUT2D eigenvalue weighted by molar-refractivity contribution is 5.80. The summed E-state index contributed by atoms with van der Waals surface area (Å²) < 4.78 is 1.24. The predicted molar refractivity (Wildman–Crippen MR) is 97.6 cm³/mol. The maximum atomic E-state index is 12.8. The van der Waals surface area contributed by atoms with Gasteiger partial charge in [0.1, 0.15) is 6.04 Å². The van der Waals surface area contributed by atoms with Crippen molar-refractivity contribution in [3.05, 3.63) is 52.3 Å². The average Bonchev–Trinajstić information content (AvgIpc) is 2.68. The number of carbonyl (C=O) groups excluding carboxylic acids is 2. The van der Waals surface area contributed by atoms with Crippen molar-refractivity contribution in [3.63, 3.8) is 0 Å². The minimum Gasteiger partial charge on any atom is -0.342 e. The maximum Gasteiger partial charge on any atom is 0.267 e. The molecule has 0 aliphatic carbocycles. The summed E-state index contributed by atoms with van der Waals surface area (Å²) in [5, 5.41) is 4.41. The highest BCUT2D eigenvalue weighted by Gasteiger charge is 2.26. The molecule has 7 nitrogen and oxygen atoms in total. The molecular formula is C19H22N4O3. The highest BCUT2D eigenvalue weighted by atomic mass is 16.2. The first-order valence-electron chi connectivity index (χ1n) is 8.64. The van der Waals surface area contributed by atoms with Crippen LogP contribution < -0.4 is 5.56 Å². The van der Waals surface area contributed by atoms with E-state index in [1.54, 1.807) is 22.8 Å². The van der Waals surface area contributed by atoms with Crippen molar-refractivity contribution in [2.75, 3.05) is 26.2 Å². The van der Waals surface area contributed by atoms with Crippen LogP contribution in [0.15, 0.2) is 41.2 Å². The molecule has 2 aromatic rings. The van der Waals surface area contributed by atoms with E-state index in [-0.39, 0.29) is 11.5 Å². The molecule has 0 radical (unpaired) electrons. The Labute approximate surface area is 151 Å². The van der Waals surface area contributed by atoms with E-state index in [0.717, 1.165) is 17.5 Å². The van der Waals surface area contributed by atoms with Gasteiger partial charge in [-0.15, -0.1) is 0 Å². The Kier molecular flexibility index (Phi) is 5.16. The van der Waals surface area contributed by atoms with Gasteiger partial charge in [-0.05, 0) is 19.9 Å². The Morgan fingerprint density at radius 3 is 2.35 bits per heavy atom. The molecular weight excluding hydrogens is 332 g/mol. The fourth-order valence-electron chi connectivity index (χ4n) is 3.00. The SMILES string of the molecule is Cc1ccc(-c2ccc(=O)n(C(C)C(=O)N3CCN(C=O)CC3)n2)cc1. The van der Waals surface area contributed by atoms with Gasteiger partial charge in [0.25, 0.3) is 5.56 Å². The van der Waals surface area contributed by atoms with Crippen LogP contribution in [-0.4, -0.2) is 58.1 Å². The maximum absolute atomic E-state index is 12.8. The predicted octanol–water partition coefficient (Wildman–Crippen LogP) is 1.08. The van der Waals surface area contributed by atoms with Gasteiger partial charge in [0.05, 0.1) is 5.69 Å². The van der Waals surface area contributed by atoms with Crippen LogP contribution in [0.4, 0.5) is 0 Å². The van der Waals surface area contributed by atoms with Gasteiger partial charge in [-0.3, -0.25) is 14.4 Å². The van der Waals surface area contributed by atoms with Crippen LogP contribution in [0.3, 0.4) is 0 Å².